The first-order valence-electron chi connectivity index (χ1n) is 5.84. The van der Waals surface area contributed by atoms with E-state index in [1.165, 1.54) is 4.88 Å². The molecule has 0 aromatic carbocycles. The van der Waals surface area contributed by atoms with Crippen LogP contribution in [0, 0.1) is 0 Å². The molecule has 90 valence electrons. The van der Waals surface area contributed by atoms with Gasteiger partial charge in [-0.3, -0.25) is 4.90 Å². The predicted octanol–water partition coefficient (Wildman–Crippen LogP) is 1.81. The molecule has 0 bridgehead atoms. The Hall–Kier alpha value is -1.17. The SMILES string of the molecule is c1csc(-c2cc(CN3CCNCC3)on2)c1. The van der Waals surface area contributed by atoms with Gasteiger partial charge in [0.2, 0.25) is 0 Å². The molecule has 0 radical (unpaired) electrons. The zero-order valence-corrected chi connectivity index (χ0v) is 10.4. The van der Waals surface area contributed by atoms with Gasteiger partial charge in [-0.1, -0.05) is 11.2 Å². The maximum atomic E-state index is 5.39. The second-order valence-corrected chi connectivity index (χ2v) is 5.13. The van der Waals surface area contributed by atoms with E-state index >= 15 is 0 Å². The van der Waals surface area contributed by atoms with E-state index in [0.29, 0.717) is 0 Å². The molecule has 1 aliphatic heterocycles. The molecular weight excluding hydrogens is 234 g/mol. The number of nitrogens with one attached hydrogen (secondary N) is 1. The number of nitrogens with zero attached hydrogens (tertiary/aromatic N) is 2. The molecule has 1 fully saturated rings. The molecule has 17 heavy (non-hydrogen) atoms. The number of aromatic nitrogens is 1. The second-order valence-electron chi connectivity index (χ2n) is 4.18. The van der Waals surface area contributed by atoms with E-state index in [-0.39, 0.29) is 0 Å². The molecule has 0 aliphatic carbocycles. The number of piperazine rings is 1. The summed E-state index contributed by atoms with van der Waals surface area (Å²) in [6, 6.07) is 6.15. The van der Waals surface area contributed by atoms with Gasteiger partial charge < -0.3 is 9.84 Å². The Morgan fingerprint density at radius 3 is 3.06 bits per heavy atom. The van der Waals surface area contributed by atoms with Crippen LogP contribution >= 0.6 is 11.3 Å². The maximum Gasteiger partial charge on any atom is 0.151 e. The van der Waals surface area contributed by atoms with E-state index in [4.69, 9.17) is 4.52 Å². The Balaban J connectivity index is 1.68. The van der Waals surface area contributed by atoms with Crippen LogP contribution in [0.1, 0.15) is 5.76 Å². The van der Waals surface area contributed by atoms with Crippen LogP contribution in [-0.4, -0.2) is 36.2 Å². The Morgan fingerprint density at radius 1 is 1.41 bits per heavy atom. The van der Waals surface area contributed by atoms with Crippen molar-refractivity contribution in [3.63, 3.8) is 0 Å². The summed E-state index contributed by atoms with van der Waals surface area (Å²) in [7, 11) is 0. The molecule has 0 spiro atoms. The first-order valence-corrected chi connectivity index (χ1v) is 6.72. The monoisotopic (exact) mass is 249 g/mol. The summed E-state index contributed by atoms with van der Waals surface area (Å²) < 4.78 is 5.39. The average molecular weight is 249 g/mol. The summed E-state index contributed by atoms with van der Waals surface area (Å²) in [4.78, 5) is 3.55. The smallest absolute Gasteiger partial charge is 0.151 e. The van der Waals surface area contributed by atoms with Crippen molar-refractivity contribution in [1.29, 1.82) is 0 Å². The molecule has 2 aromatic heterocycles. The minimum absolute atomic E-state index is 0.861. The fraction of sp³-hybridized carbons (Fsp3) is 0.417. The first-order chi connectivity index (χ1) is 8.42. The van der Waals surface area contributed by atoms with Crippen LogP contribution in [0.3, 0.4) is 0 Å². The first kappa shape index (κ1) is 11.0. The van der Waals surface area contributed by atoms with Gasteiger partial charge in [-0.05, 0) is 11.4 Å². The maximum absolute atomic E-state index is 5.39. The molecule has 0 unspecified atom stereocenters. The third-order valence-electron chi connectivity index (χ3n) is 2.92. The van der Waals surface area contributed by atoms with Crippen molar-refractivity contribution in [2.24, 2.45) is 0 Å². The number of hydrogen-bond acceptors (Lipinski definition) is 5. The van der Waals surface area contributed by atoms with E-state index in [2.05, 4.69) is 26.8 Å². The van der Waals surface area contributed by atoms with Gasteiger partial charge in [0.1, 0.15) is 5.69 Å². The van der Waals surface area contributed by atoms with E-state index in [1.807, 2.05) is 12.1 Å². The summed E-state index contributed by atoms with van der Waals surface area (Å²) in [5.74, 6) is 0.954. The molecule has 3 rings (SSSR count). The van der Waals surface area contributed by atoms with E-state index < -0.39 is 0 Å². The minimum Gasteiger partial charge on any atom is -0.359 e. The van der Waals surface area contributed by atoms with Crippen LogP contribution in [0.4, 0.5) is 0 Å². The molecule has 5 heteroatoms. The Bertz CT molecular complexity index is 460. The van der Waals surface area contributed by atoms with Crippen molar-refractivity contribution < 1.29 is 4.52 Å². The lowest BCUT2D eigenvalue weighted by molar-refractivity contribution is 0.207. The quantitative estimate of drug-likeness (QED) is 0.900. The lowest BCUT2D eigenvalue weighted by atomic mass is 10.3. The molecule has 1 saturated heterocycles. The second kappa shape index (κ2) is 5.00. The lowest BCUT2D eigenvalue weighted by Gasteiger charge is -2.25. The molecule has 2 aromatic rings. The topological polar surface area (TPSA) is 41.3 Å². The number of rotatable bonds is 3. The number of thiophene rings is 1. The fourth-order valence-electron chi connectivity index (χ4n) is 2.02. The van der Waals surface area contributed by atoms with Gasteiger partial charge in [-0.2, -0.15) is 0 Å². The molecule has 0 atom stereocenters. The van der Waals surface area contributed by atoms with Gasteiger partial charge in [-0.15, -0.1) is 11.3 Å². The van der Waals surface area contributed by atoms with Crippen molar-refractivity contribution in [3.8, 4) is 10.6 Å². The fourth-order valence-corrected chi connectivity index (χ4v) is 2.70. The van der Waals surface area contributed by atoms with Gasteiger partial charge in [0, 0.05) is 32.2 Å². The zero-order chi connectivity index (χ0) is 11.5. The van der Waals surface area contributed by atoms with Crippen LogP contribution in [0.5, 0.6) is 0 Å². The van der Waals surface area contributed by atoms with Crippen molar-refractivity contribution >= 4 is 11.3 Å². The molecule has 3 heterocycles. The van der Waals surface area contributed by atoms with Gasteiger partial charge in [0.05, 0.1) is 11.4 Å². The summed E-state index contributed by atoms with van der Waals surface area (Å²) in [6.45, 7) is 5.14. The van der Waals surface area contributed by atoms with Crippen molar-refractivity contribution in [3.05, 3.63) is 29.3 Å². The average Bonchev–Trinajstić information content (AvgIpc) is 3.00. The molecule has 1 aliphatic rings. The van der Waals surface area contributed by atoms with E-state index in [0.717, 1.165) is 44.2 Å². The lowest BCUT2D eigenvalue weighted by Crippen LogP contribution is -2.42. The van der Waals surface area contributed by atoms with Crippen molar-refractivity contribution in [1.82, 2.24) is 15.4 Å². The van der Waals surface area contributed by atoms with Gasteiger partial charge in [0.25, 0.3) is 0 Å². The minimum atomic E-state index is 0.861. The Labute approximate surface area is 104 Å². The summed E-state index contributed by atoms with van der Waals surface area (Å²) >= 11 is 1.69. The van der Waals surface area contributed by atoms with Gasteiger partial charge >= 0.3 is 0 Å². The van der Waals surface area contributed by atoms with Crippen molar-refractivity contribution in [2.45, 2.75) is 6.54 Å². The van der Waals surface area contributed by atoms with E-state index in [1.54, 1.807) is 11.3 Å². The molecule has 0 saturated carbocycles. The highest BCUT2D eigenvalue weighted by molar-refractivity contribution is 7.13. The highest BCUT2D eigenvalue weighted by Crippen LogP contribution is 2.24. The predicted molar refractivity (Wildman–Crippen MR) is 68.0 cm³/mol. The molecule has 4 nitrogen and oxygen atoms in total. The highest BCUT2D eigenvalue weighted by atomic mass is 32.1. The standard InChI is InChI=1S/C12H15N3OS/c1-2-12(17-7-1)11-8-10(16-14-11)9-15-5-3-13-4-6-15/h1-2,7-8,13H,3-6,9H2. The van der Waals surface area contributed by atoms with E-state index in [9.17, 15) is 0 Å². The highest BCUT2D eigenvalue weighted by Gasteiger charge is 2.13. The molecule has 1 N–H and O–H groups in total. The normalized spacial score (nSPS) is 17.4. The van der Waals surface area contributed by atoms with Crippen LogP contribution in [-0.2, 0) is 6.54 Å². The van der Waals surface area contributed by atoms with Crippen LogP contribution in [0.15, 0.2) is 28.1 Å². The zero-order valence-electron chi connectivity index (χ0n) is 9.56. The van der Waals surface area contributed by atoms with Crippen molar-refractivity contribution in [2.75, 3.05) is 26.2 Å². The van der Waals surface area contributed by atoms with Gasteiger partial charge in [-0.25, -0.2) is 0 Å². The summed E-state index contributed by atoms with van der Waals surface area (Å²) in [6.07, 6.45) is 0. The van der Waals surface area contributed by atoms with Crippen LogP contribution < -0.4 is 5.32 Å². The summed E-state index contributed by atoms with van der Waals surface area (Å²) in [5, 5.41) is 9.51. The summed E-state index contributed by atoms with van der Waals surface area (Å²) in [5.41, 5.74) is 0.949. The van der Waals surface area contributed by atoms with Crippen LogP contribution in [0.2, 0.25) is 0 Å². The Kier molecular flexibility index (Phi) is 3.22. The van der Waals surface area contributed by atoms with Crippen LogP contribution in [0.25, 0.3) is 10.6 Å². The third-order valence-corrected chi connectivity index (χ3v) is 3.81. The third kappa shape index (κ3) is 2.57. The largest absolute Gasteiger partial charge is 0.359 e. The molecular formula is C12H15N3OS. The number of hydrogen-bond donors (Lipinski definition) is 1. The van der Waals surface area contributed by atoms with Gasteiger partial charge in [0.15, 0.2) is 5.76 Å². The molecule has 0 amide bonds. The Morgan fingerprint density at radius 2 is 2.29 bits per heavy atom.